The second-order valence-electron chi connectivity index (χ2n) is 7.73. The van der Waals surface area contributed by atoms with Gasteiger partial charge in [0.15, 0.2) is 0 Å². The highest BCUT2D eigenvalue weighted by atomic mass is 35.5. The van der Waals surface area contributed by atoms with Gasteiger partial charge in [-0.3, -0.25) is 14.2 Å². The smallest absolute Gasteiger partial charge is 0.268 e. The van der Waals surface area contributed by atoms with Crippen LogP contribution in [0.5, 0.6) is 0 Å². The van der Waals surface area contributed by atoms with E-state index >= 15 is 0 Å². The summed E-state index contributed by atoms with van der Waals surface area (Å²) in [6.07, 6.45) is 1.36. The number of carbonyl (C=O) groups is 1. The first-order chi connectivity index (χ1) is 16.4. The van der Waals surface area contributed by atoms with Gasteiger partial charge >= 0.3 is 0 Å². The van der Waals surface area contributed by atoms with Crippen LogP contribution in [0.3, 0.4) is 0 Å². The summed E-state index contributed by atoms with van der Waals surface area (Å²) < 4.78 is 6.77. The van der Waals surface area contributed by atoms with Gasteiger partial charge in [0, 0.05) is 5.56 Å². The zero-order valence-corrected chi connectivity index (χ0v) is 19.8. The SMILES string of the molecule is Cc1cccc(-c2noc(-c3sc4ncn(CC(=O)Nc5ccccc5Cl)c(=O)c4c3C)n2)c1. The lowest BCUT2D eigenvalue weighted by molar-refractivity contribution is -0.116. The van der Waals surface area contributed by atoms with Crippen molar-refractivity contribution >= 4 is 44.7 Å². The molecule has 8 nitrogen and oxygen atoms in total. The number of rotatable bonds is 5. The van der Waals surface area contributed by atoms with Crippen LogP contribution in [-0.4, -0.2) is 25.6 Å². The molecular weight excluding hydrogens is 474 g/mol. The first-order valence-electron chi connectivity index (χ1n) is 10.3. The molecule has 10 heteroatoms. The number of anilines is 1. The van der Waals surface area contributed by atoms with Gasteiger partial charge in [-0.2, -0.15) is 4.98 Å². The Labute approximate surface area is 202 Å². The Hall–Kier alpha value is -3.82. The van der Waals surface area contributed by atoms with Crippen LogP contribution in [0.15, 0.2) is 64.2 Å². The normalized spacial score (nSPS) is 11.1. The maximum absolute atomic E-state index is 13.2. The predicted molar refractivity (Wildman–Crippen MR) is 132 cm³/mol. The van der Waals surface area contributed by atoms with Crippen LogP contribution in [-0.2, 0) is 11.3 Å². The largest absolute Gasteiger partial charge is 0.333 e. The molecule has 0 fully saturated rings. The van der Waals surface area contributed by atoms with E-state index in [0.717, 1.165) is 11.1 Å². The monoisotopic (exact) mass is 491 g/mol. The van der Waals surface area contributed by atoms with Gasteiger partial charge in [0.25, 0.3) is 11.4 Å². The van der Waals surface area contributed by atoms with Crippen LogP contribution < -0.4 is 10.9 Å². The van der Waals surface area contributed by atoms with E-state index in [0.29, 0.717) is 43.1 Å². The van der Waals surface area contributed by atoms with Crippen molar-refractivity contribution < 1.29 is 9.32 Å². The van der Waals surface area contributed by atoms with Crippen molar-refractivity contribution in [1.82, 2.24) is 19.7 Å². The highest BCUT2D eigenvalue weighted by Crippen LogP contribution is 2.35. The first-order valence-corrected chi connectivity index (χ1v) is 11.5. The predicted octanol–water partition coefficient (Wildman–Crippen LogP) is 5.08. The molecule has 170 valence electrons. The van der Waals surface area contributed by atoms with Gasteiger partial charge < -0.3 is 9.84 Å². The van der Waals surface area contributed by atoms with E-state index in [1.54, 1.807) is 24.3 Å². The van der Waals surface area contributed by atoms with E-state index in [9.17, 15) is 9.59 Å². The Morgan fingerprint density at radius 2 is 2.00 bits per heavy atom. The number of carbonyl (C=O) groups excluding carboxylic acids is 1. The number of hydrogen-bond donors (Lipinski definition) is 1. The average Bonchev–Trinajstić information content (AvgIpc) is 3.42. The zero-order chi connectivity index (χ0) is 23.8. The third kappa shape index (κ3) is 4.11. The minimum Gasteiger partial charge on any atom is -0.333 e. The van der Waals surface area contributed by atoms with Crippen molar-refractivity contribution in [3.8, 4) is 22.2 Å². The molecule has 5 rings (SSSR count). The molecule has 3 aromatic heterocycles. The highest BCUT2D eigenvalue weighted by Gasteiger charge is 2.21. The minimum absolute atomic E-state index is 0.199. The number of aryl methyl sites for hydroxylation is 2. The molecule has 0 unspecified atom stereocenters. The fourth-order valence-electron chi connectivity index (χ4n) is 3.60. The third-order valence-electron chi connectivity index (χ3n) is 5.28. The summed E-state index contributed by atoms with van der Waals surface area (Å²) in [5.74, 6) is 0.403. The van der Waals surface area contributed by atoms with Crippen LogP contribution >= 0.6 is 22.9 Å². The molecule has 0 spiro atoms. The molecule has 0 bridgehead atoms. The minimum atomic E-state index is -0.385. The first kappa shape index (κ1) is 22.0. The summed E-state index contributed by atoms with van der Waals surface area (Å²) in [5, 5.41) is 7.64. The summed E-state index contributed by atoms with van der Waals surface area (Å²) >= 11 is 7.39. The molecule has 0 saturated heterocycles. The number of hydrogen-bond acceptors (Lipinski definition) is 7. The number of amides is 1. The number of fused-ring (bicyclic) bond motifs is 1. The van der Waals surface area contributed by atoms with Crippen LogP contribution in [0, 0.1) is 13.8 Å². The number of aromatic nitrogens is 4. The molecule has 0 aliphatic carbocycles. The number of nitrogens with zero attached hydrogens (tertiary/aromatic N) is 4. The number of thiophene rings is 1. The summed E-state index contributed by atoms with van der Waals surface area (Å²) in [5.41, 5.74) is 2.77. The van der Waals surface area contributed by atoms with Crippen molar-refractivity contribution in [2.75, 3.05) is 5.32 Å². The van der Waals surface area contributed by atoms with E-state index < -0.39 is 0 Å². The van der Waals surface area contributed by atoms with Gasteiger partial charge in [-0.1, -0.05) is 52.7 Å². The maximum atomic E-state index is 13.2. The van der Waals surface area contributed by atoms with Gasteiger partial charge in [0.1, 0.15) is 11.4 Å². The molecule has 1 N–H and O–H groups in total. The van der Waals surface area contributed by atoms with Crippen molar-refractivity contribution in [2.24, 2.45) is 0 Å². The molecule has 3 heterocycles. The van der Waals surface area contributed by atoms with Gasteiger partial charge in [-0.15, -0.1) is 11.3 Å². The molecule has 0 radical (unpaired) electrons. The van der Waals surface area contributed by atoms with Crippen LogP contribution in [0.25, 0.3) is 32.4 Å². The van der Waals surface area contributed by atoms with E-state index in [2.05, 4.69) is 20.4 Å². The molecule has 5 aromatic rings. The summed E-state index contributed by atoms with van der Waals surface area (Å²) in [6.45, 7) is 3.60. The molecule has 34 heavy (non-hydrogen) atoms. The van der Waals surface area contributed by atoms with Gasteiger partial charge in [0.2, 0.25) is 11.7 Å². The van der Waals surface area contributed by atoms with Crippen LogP contribution in [0.4, 0.5) is 5.69 Å². The fourth-order valence-corrected chi connectivity index (χ4v) is 4.84. The lowest BCUT2D eigenvalue weighted by Crippen LogP contribution is -2.27. The van der Waals surface area contributed by atoms with Crippen LogP contribution in [0.2, 0.25) is 5.02 Å². The van der Waals surface area contributed by atoms with Gasteiger partial charge in [-0.05, 0) is 37.6 Å². The van der Waals surface area contributed by atoms with Crippen LogP contribution in [0.1, 0.15) is 11.1 Å². The second kappa shape index (κ2) is 8.85. The summed E-state index contributed by atoms with van der Waals surface area (Å²) in [7, 11) is 0. The van der Waals surface area contributed by atoms with Crippen molar-refractivity contribution in [3.05, 3.63) is 81.4 Å². The highest BCUT2D eigenvalue weighted by molar-refractivity contribution is 7.22. The summed E-state index contributed by atoms with van der Waals surface area (Å²) in [6, 6.07) is 14.7. The molecule has 2 aromatic carbocycles. The maximum Gasteiger partial charge on any atom is 0.268 e. The van der Waals surface area contributed by atoms with E-state index in [4.69, 9.17) is 16.1 Å². The topological polar surface area (TPSA) is 103 Å². The van der Waals surface area contributed by atoms with Crippen molar-refractivity contribution in [3.63, 3.8) is 0 Å². The second-order valence-corrected chi connectivity index (χ2v) is 9.14. The summed E-state index contributed by atoms with van der Waals surface area (Å²) in [4.78, 5) is 35.8. The zero-order valence-electron chi connectivity index (χ0n) is 18.2. The Morgan fingerprint density at radius 1 is 1.18 bits per heavy atom. The lowest BCUT2D eigenvalue weighted by Gasteiger charge is -2.08. The van der Waals surface area contributed by atoms with Gasteiger partial charge in [0.05, 0.1) is 27.3 Å². The van der Waals surface area contributed by atoms with E-state index in [-0.39, 0.29) is 18.0 Å². The number of para-hydroxylation sites is 1. The number of halogens is 1. The lowest BCUT2D eigenvalue weighted by atomic mass is 10.1. The Bertz CT molecular complexity index is 1600. The van der Waals surface area contributed by atoms with E-state index in [1.165, 1.54) is 22.2 Å². The third-order valence-corrected chi connectivity index (χ3v) is 6.79. The Morgan fingerprint density at radius 3 is 2.79 bits per heavy atom. The molecule has 0 saturated carbocycles. The molecule has 0 atom stereocenters. The molecule has 0 aliphatic heterocycles. The van der Waals surface area contributed by atoms with Gasteiger partial charge in [-0.25, -0.2) is 4.98 Å². The van der Waals surface area contributed by atoms with E-state index in [1.807, 2.05) is 38.1 Å². The molecule has 0 aliphatic rings. The number of nitrogens with one attached hydrogen (secondary N) is 1. The quantitative estimate of drug-likeness (QED) is 0.367. The molecule has 1 amide bonds. The Balaban J connectivity index is 1.45. The molecular formula is C24H18ClN5O3S. The Kier molecular flexibility index (Phi) is 5.72. The fraction of sp³-hybridized carbons (Fsp3) is 0.125. The number of benzene rings is 2. The standard InChI is InChI=1S/C24H18ClN5O3S/c1-13-6-5-7-15(10-13)21-28-22(33-29-21)20-14(2)19-23(34-20)26-12-30(24(19)32)11-18(31)27-17-9-4-3-8-16(17)25/h3-10,12H,11H2,1-2H3,(H,27,31). The average molecular weight is 492 g/mol. The van der Waals surface area contributed by atoms with Crippen molar-refractivity contribution in [1.29, 1.82) is 0 Å². The van der Waals surface area contributed by atoms with Crippen molar-refractivity contribution in [2.45, 2.75) is 20.4 Å².